The molecule has 3 rings (SSSR count). The van der Waals surface area contributed by atoms with Gasteiger partial charge in [-0.1, -0.05) is 28.1 Å². The van der Waals surface area contributed by atoms with Crippen molar-refractivity contribution in [3.05, 3.63) is 34.3 Å². The van der Waals surface area contributed by atoms with Crippen molar-refractivity contribution in [2.24, 2.45) is 0 Å². The quantitative estimate of drug-likeness (QED) is 0.921. The molecule has 0 spiro atoms. The minimum atomic E-state index is 0.448. The standard InChI is InChI=1S/C15H21BrN2/c1-11(12-4-6-13(16)7-5-12)17-14-8-10-18-9-2-3-15(14)18/h4-7,11,14-15,17H,2-3,8-10H2,1H3. The third-order valence-electron chi connectivity index (χ3n) is 4.44. The fourth-order valence-corrected chi connectivity index (χ4v) is 3.71. The van der Waals surface area contributed by atoms with Gasteiger partial charge in [-0.15, -0.1) is 0 Å². The van der Waals surface area contributed by atoms with Crippen LogP contribution in [0.2, 0.25) is 0 Å². The van der Waals surface area contributed by atoms with Crippen LogP contribution < -0.4 is 5.32 Å². The zero-order valence-corrected chi connectivity index (χ0v) is 12.5. The molecule has 0 amide bonds. The molecule has 18 heavy (non-hydrogen) atoms. The third kappa shape index (κ3) is 2.49. The first kappa shape index (κ1) is 12.6. The van der Waals surface area contributed by atoms with Gasteiger partial charge >= 0.3 is 0 Å². The molecule has 3 unspecified atom stereocenters. The molecule has 0 aliphatic carbocycles. The zero-order valence-electron chi connectivity index (χ0n) is 10.9. The van der Waals surface area contributed by atoms with E-state index >= 15 is 0 Å². The summed E-state index contributed by atoms with van der Waals surface area (Å²) < 4.78 is 1.15. The molecule has 1 aromatic rings. The predicted molar refractivity (Wildman–Crippen MR) is 78.7 cm³/mol. The maximum Gasteiger partial charge on any atom is 0.0295 e. The average Bonchev–Trinajstić information content (AvgIpc) is 2.95. The van der Waals surface area contributed by atoms with Crippen LogP contribution in [0.4, 0.5) is 0 Å². The largest absolute Gasteiger partial charge is 0.306 e. The number of rotatable bonds is 3. The Bertz CT molecular complexity index is 403. The van der Waals surface area contributed by atoms with E-state index in [-0.39, 0.29) is 0 Å². The summed E-state index contributed by atoms with van der Waals surface area (Å²) in [4.78, 5) is 2.66. The molecular formula is C15H21BrN2. The highest BCUT2D eigenvalue weighted by molar-refractivity contribution is 9.10. The van der Waals surface area contributed by atoms with E-state index in [9.17, 15) is 0 Å². The van der Waals surface area contributed by atoms with E-state index in [1.807, 2.05) is 0 Å². The number of hydrogen-bond donors (Lipinski definition) is 1. The Morgan fingerprint density at radius 3 is 2.78 bits per heavy atom. The van der Waals surface area contributed by atoms with Crippen LogP contribution in [0.3, 0.4) is 0 Å². The molecule has 0 radical (unpaired) electrons. The highest BCUT2D eigenvalue weighted by atomic mass is 79.9. The van der Waals surface area contributed by atoms with Crippen LogP contribution in [0.25, 0.3) is 0 Å². The van der Waals surface area contributed by atoms with Crippen LogP contribution in [0.15, 0.2) is 28.7 Å². The van der Waals surface area contributed by atoms with Gasteiger partial charge in [0.2, 0.25) is 0 Å². The number of halogens is 1. The third-order valence-corrected chi connectivity index (χ3v) is 4.97. The number of hydrogen-bond acceptors (Lipinski definition) is 2. The molecule has 1 aromatic carbocycles. The Morgan fingerprint density at radius 2 is 2.00 bits per heavy atom. The average molecular weight is 309 g/mol. The van der Waals surface area contributed by atoms with Gasteiger partial charge in [0.05, 0.1) is 0 Å². The van der Waals surface area contributed by atoms with Gasteiger partial charge in [0.1, 0.15) is 0 Å². The van der Waals surface area contributed by atoms with Crippen molar-refractivity contribution in [3.8, 4) is 0 Å². The van der Waals surface area contributed by atoms with Crippen molar-refractivity contribution in [3.63, 3.8) is 0 Å². The lowest BCUT2D eigenvalue weighted by Crippen LogP contribution is -2.40. The van der Waals surface area contributed by atoms with Crippen LogP contribution in [0.5, 0.6) is 0 Å². The van der Waals surface area contributed by atoms with E-state index in [1.54, 1.807) is 0 Å². The van der Waals surface area contributed by atoms with Crippen molar-refractivity contribution >= 4 is 15.9 Å². The number of benzene rings is 1. The van der Waals surface area contributed by atoms with Crippen molar-refractivity contribution in [2.45, 2.75) is 44.3 Å². The summed E-state index contributed by atoms with van der Waals surface area (Å²) in [5, 5.41) is 3.83. The fraction of sp³-hybridized carbons (Fsp3) is 0.600. The van der Waals surface area contributed by atoms with Crippen LogP contribution >= 0.6 is 15.9 Å². The van der Waals surface area contributed by atoms with Crippen LogP contribution in [0, 0.1) is 0 Å². The molecule has 2 fully saturated rings. The Kier molecular flexibility index (Phi) is 3.73. The first-order chi connectivity index (χ1) is 8.74. The minimum absolute atomic E-state index is 0.448. The lowest BCUT2D eigenvalue weighted by atomic mass is 10.0. The van der Waals surface area contributed by atoms with Gasteiger partial charge < -0.3 is 5.32 Å². The molecule has 0 saturated carbocycles. The molecular weight excluding hydrogens is 288 g/mol. The normalized spacial score (nSPS) is 29.4. The molecule has 1 N–H and O–H groups in total. The molecule has 2 heterocycles. The Labute approximate surface area is 118 Å². The molecule has 3 heteroatoms. The Morgan fingerprint density at radius 1 is 1.22 bits per heavy atom. The van der Waals surface area contributed by atoms with Gasteiger partial charge in [-0.25, -0.2) is 0 Å². The molecule has 0 aromatic heterocycles. The lowest BCUT2D eigenvalue weighted by molar-refractivity contribution is 0.291. The van der Waals surface area contributed by atoms with Crippen LogP contribution in [-0.2, 0) is 0 Å². The predicted octanol–water partition coefficient (Wildman–Crippen LogP) is 3.34. The zero-order chi connectivity index (χ0) is 12.5. The maximum atomic E-state index is 3.83. The van der Waals surface area contributed by atoms with Gasteiger partial charge in [-0.3, -0.25) is 4.90 Å². The van der Waals surface area contributed by atoms with Crippen LogP contribution in [-0.4, -0.2) is 30.1 Å². The summed E-state index contributed by atoms with van der Waals surface area (Å²) in [7, 11) is 0. The van der Waals surface area contributed by atoms with E-state index in [0.29, 0.717) is 12.1 Å². The highest BCUT2D eigenvalue weighted by Gasteiger charge is 2.37. The molecule has 98 valence electrons. The summed E-state index contributed by atoms with van der Waals surface area (Å²) in [6.45, 7) is 4.88. The topological polar surface area (TPSA) is 15.3 Å². The molecule has 2 aliphatic heterocycles. The first-order valence-electron chi connectivity index (χ1n) is 6.99. The summed E-state index contributed by atoms with van der Waals surface area (Å²) in [5.74, 6) is 0. The summed E-state index contributed by atoms with van der Waals surface area (Å²) in [5.41, 5.74) is 1.38. The van der Waals surface area contributed by atoms with Crippen molar-refractivity contribution in [1.29, 1.82) is 0 Å². The highest BCUT2D eigenvalue weighted by Crippen LogP contribution is 2.29. The van der Waals surface area contributed by atoms with Gasteiger partial charge in [0, 0.05) is 29.1 Å². The molecule has 2 nitrogen and oxygen atoms in total. The van der Waals surface area contributed by atoms with Gasteiger partial charge in [-0.2, -0.15) is 0 Å². The van der Waals surface area contributed by atoms with E-state index in [2.05, 4.69) is 57.3 Å². The van der Waals surface area contributed by atoms with Crippen LogP contribution in [0.1, 0.15) is 37.8 Å². The Balaban J connectivity index is 1.64. The van der Waals surface area contributed by atoms with E-state index in [1.165, 1.54) is 37.9 Å². The van der Waals surface area contributed by atoms with E-state index in [4.69, 9.17) is 0 Å². The summed E-state index contributed by atoms with van der Waals surface area (Å²) in [6, 6.07) is 10.6. The Hall–Kier alpha value is -0.380. The smallest absolute Gasteiger partial charge is 0.0295 e. The second-order valence-corrected chi connectivity index (χ2v) is 6.50. The van der Waals surface area contributed by atoms with Gasteiger partial charge in [0.15, 0.2) is 0 Å². The second kappa shape index (κ2) is 5.32. The molecule has 2 saturated heterocycles. The SMILES string of the molecule is CC(NC1CCN2CCCC12)c1ccc(Br)cc1. The molecule has 3 atom stereocenters. The number of nitrogens with zero attached hydrogens (tertiary/aromatic N) is 1. The van der Waals surface area contributed by atoms with Crippen molar-refractivity contribution < 1.29 is 0 Å². The number of fused-ring (bicyclic) bond motifs is 1. The summed E-state index contributed by atoms with van der Waals surface area (Å²) >= 11 is 3.49. The van der Waals surface area contributed by atoms with Gasteiger partial charge in [-0.05, 0) is 50.4 Å². The molecule has 0 bridgehead atoms. The second-order valence-electron chi connectivity index (χ2n) is 5.58. The minimum Gasteiger partial charge on any atom is -0.306 e. The first-order valence-corrected chi connectivity index (χ1v) is 7.79. The fourth-order valence-electron chi connectivity index (χ4n) is 3.45. The molecule has 2 aliphatic rings. The summed E-state index contributed by atoms with van der Waals surface area (Å²) in [6.07, 6.45) is 4.08. The van der Waals surface area contributed by atoms with Crippen molar-refractivity contribution in [1.82, 2.24) is 10.2 Å². The van der Waals surface area contributed by atoms with E-state index in [0.717, 1.165) is 10.5 Å². The lowest BCUT2D eigenvalue weighted by Gasteiger charge is -2.25. The maximum absolute atomic E-state index is 3.83. The van der Waals surface area contributed by atoms with E-state index < -0.39 is 0 Å². The van der Waals surface area contributed by atoms with Crippen molar-refractivity contribution in [2.75, 3.05) is 13.1 Å². The van der Waals surface area contributed by atoms with Gasteiger partial charge in [0.25, 0.3) is 0 Å². The monoisotopic (exact) mass is 308 g/mol. The number of nitrogens with one attached hydrogen (secondary N) is 1.